The van der Waals surface area contributed by atoms with Crippen molar-refractivity contribution in [3.63, 3.8) is 0 Å². The minimum absolute atomic E-state index is 0.278. The van der Waals surface area contributed by atoms with Crippen LogP contribution in [-0.4, -0.2) is 7.28 Å². The van der Waals surface area contributed by atoms with Crippen LogP contribution in [-0.2, 0) is 5.41 Å². The minimum atomic E-state index is -0.278. The molecule has 2 aliphatic rings. The molecule has 0 bridgehead atoms. The molecule has 3 heteroatoms. The Morgan fingerprint density at radius 2 is 0.879 bits per heavy atom. The highest BCUT2D eigenvalue weighted by atomic mass is 15.2. The molecule has 1 N–H and O–H groups in total. The molecule has 0 spiro atoms. The molecule has 10 aromatic rings. The average molecular weight is 842 g/mol. The molecule has 0 saturated heterocycles. The molecule has 12 rings (SSSR count). The summed E-state index contributed by atoms with van der Waals surface area (Å²) in [4.78, 5) is 2.56. The van der Waals surface area contributed by atoms with Gasteiger partial charge in [-0.2, -0.15) is 0 Å². The van der Waals surface area contributed by atoms with E-state index in [2.05, 4.69) is 268 Å². The highest BCUT2D eigenvalue weighted by Gasteiger charge is 2.43. The molecule has 0 aromatic heterocycles. The van der Waals surface area contributed by atoms with Crippen LogP contribution in [0.15, 0.2) is 237 Å². The third kappa shape index (κ3) is 6.83. The molecule has 0 atom stereocenters. The van der Waals surface area contributed by atoms with Crippen LogP contribution < -0.4 is 21.1 Å². The van der Waals surface area contributed by atoms with Gasteiger partial charge in [0.1, 0.15) is 0 Å². The van der Waals surface area contributed by atoms with E-state index in [0.29, 0.717) is 0 Å². The lowest BCUT2D eigenvalue weighted by atomic mass is 9.56. The van der Waals surface area contributed by atoms with Crippen LogP contribution in [0.2, 0.25) is 0 Å². The molecular formula is C63H46BN2. The van der Waals surface area contributed by atoms with E-state index in [9.17, 15) is 0 Å². The quantitative estimate of drug-likeness (QED) is 0.153. The maximum atomic E-state index is 3.93. The zero-order chi connectivity index (χ0) is 44.2. The molecule has 1 heterocycles. The Morgan fingerprint density at radius 3 is 1.48 bits per heavy atom. The molecular weight excluding hydrogens is 796 g/mol. The zero-order valence-corrected chi connectivity index (χ0v) is 37.0. The summed E-state index contributed by atoms with van der Waals surface area (Å²) in [6.45, 7) is 4.81. The smallest absolute Gasteiger partial charge is 0.197 e. The number of benzene rings is 10. The van der Waals surface area contributed by atoms with Gasteiger partial charge in [0.15, 0.2) is 7.28 Å². The van der Waals surface area contributed by atoms with Crippen molar-refractivity contribution in [1.29, 1.82) is 0 Å². The number of fused-ring (bicyclic) bond motifs is 6. The number of rotatable bonds is 8. The first-order valence-electron chi connectivity index (χ1n) is 22.9. The van der Waals surface area contributed by atoms with E-state index in [-0.39, 0.29) is 5.41 Å². The van der Waals surface area contributed by atoms with Crippen molar-refractivity contribution in [2.24, 2.45) is 0 Å². The maximum Gasteiger partial charge on any atom is 0.197 e. The van der Waals surface area contributed by atoms with Gasteiger partial charge in [0.25, 0.3) is 0 Å². The lowest BCUT2D eigenvalue weighted by Gasteiger charge is -2.39. The van der Waals surface area contributed by atoms with Crippen molar-refractivity contribution in [2.75, 3.05) is 10.2 Å². The SMILES string of the molecule is CC1(C)c2ccccc2-c2cc(-c3cc(-c4ccccc4)ccc3Nc3ccc(-c4ccccc4)cc3)c3c(c21)N(c1ccc(-c2ccccc2)cc1)c1ccc(-c2ccccc2)cc1[B]3. The lowest BCUT2D eigenvalue weighted by Crippen LogP contribution is -2.42. The fourth-order valence-corrected chi connectivity index (χ4v) is 10.4. The van der Waals surface area contributed by atoms with Crippen LogP contribution in [0.1, 0.15) is 25.0 Å². The predicted octanol–water partition coefficient (Wildman–Crippen LogP) is 15.5. The largest absolute Gasteiger partial charge is 0.355 e. The number of hydrogen-bond acceptors (Lipinski definition) is 2. The summed E-state index contributed by atoms with van der Waals surface area (Å²) in [6, 6.07) is 86.2. The monoisotopic (exact) mass is 841 g/mol. The molecule has 0 unspecified atom stereocenters. The van der Waals surface area contributed by atoms with Crippen LogP contribution in [0.25, 0.3) is 66.8 Å². The Bertz CT molecular complexity index is 3400. The van der Waals surface area contributed by atoms with Crippen molar-refractivity contribution in [2.45, 2.75) is 19.3 Å². The average Bonchev–Trinajstić information content (AvgIpc) is 3.62. The number of nitrogens with one attached hydrogen (secondary N) is 1. The van der Waals surface area contributed by atoms with E-state index in [1.165, 1.54) is 88.9 Å². The Balaban J connectivity index is 1.12. The van der Waals surface area contributed by atoms with E-state index in [0.717, 1.165) is 28.3 Å². The second kappa shape index (κ2) is 16.1. The molecule has 0 amide bonds. The molecule has 10 aromatic carbocycles. The normalized spacial score (nSPS) is 12.9. The maximum absolute atomic E-state index is 3.93. The Labute approximate surface area is 388 Å². The minimum Gasteiger partial charge on any atom is -0.355 e. The summed E-state index contributed by atoms with van der Waals surface area (Å²) in [5, 5.41) is 3.93. The number of hydrogen-bond donors (Lipinski definition) is 1. The van der Waals surface area contributed by atoms with E-state index >= 15 is 0 Å². The van der Waals surface area contributed by atoms with Crippen molar-refractivity contribution in [1.82, 2.24) is 0 Å². The van der Waals surface area contributed by atoms with Crippen molar-refractivity contribution in [3.8, 4) is 66.8 Å². The van der Waals surface area contributed by atoms with Gasteiger partial charge in [-0.05, 0) is 126 Å². The zero-order valence-electron chi connectivity index (χ0n) is 37.0. The number of nitrogens with zero attached hydrogens (tertiary/aromatic N) is 1. The molecule has 66 heavy (non-hydrogen) atoms. The van der Waals surface area contributed by atoms with Crippen molar-refractivity contribution in [3.05, 3.63) is 248 Å². The first-order chi connectivity index (χ1) is 32.5. The summed E-state index contributed by atoms with van der Waals surface area (Å²) < 4.78 is 0. The Hall–Kier alpha value is -8.14. The van der Waals surface area contributed by atoms with Gasteiger partial charge < -0.3 is 10.2 Å². The lowest BCUT2D eigenvalue weighted by molar-refractivity contribution is 0.661. The molecule has 1 aliphatic heterocycles. The van der Waals surface area contributed by atoms with Crippen LogP contribution in [0, 0.1) is 0 Å². The summed E-state index contributed by atoms with van der Waals surface area (Å²) in [5.41, 5.74) is 24.8. The fraction of sp³-hybridized carbons (Fsp3) is 0.0476. The number of anilines is 5. The van der Waals surface area contributed by atoms with E-state index < -0.39 is 0 Å². The van der Waals surface area contributed by atoms with Crippen molar-refractivity contribution < 1.29 is 0 Å². The van der Waals surface area contributed by atoms with E-state index in [4.69, 9.17) is 0 Å². The Morgan fingerprint density at radius 1 is 0.394 bits per heavy atom. The van der Waals surface area contributed by atoms with Gasteiger partial charge in [-0.1, -0.05) is 207 Å². The van der Waals surface area contributed by atoms with Gasteiger partial charge in [-0.3, -0.25) is 0 Å². The second-order valence-corrected chi connectivity index (χ2v) is 18.0. The third-order valence-corrected chi connectivity index (χ3v) is 13.7. The molecule has 2 nitrogen and oxygen atoms in total. The van der Waals surface area contributed by atoms with E-state index in [1.807, 2.05) is 0 Å². The summed E-state index contributed by atoms with van der Waals surface area (Å²) in [6.07, 6.45) is 0. The standard InChI is InChI=1S/C63H46BN2/c1-63(2)56-26-16-15-25-52(56)54-41-55(53-39-48(44-21-11-5-12-22-44)31-37-58(53)65-50-33-27-46(28-34-50)42-17-7-3-8-18-42)61-62(60(54)63)66(51-35-29-47(30-36-51)43-19-9-4-10-20-43)59-38-32-49(40-57(59)64-61)45-23-13-6-14-24-45/h3-41,65H,1-2H3. The van der Waals surface area contributed by atoms with Crippen LogP contribution in [0.4, 0.5) is 28.4 Å². The summed E-state index contributed by atoms with van der Waals surface area (Å²) in [5.74, 6) is 0. The topological polar surface area (TPSA) is 15.3 Å². The predicted molar refractivity (Wildman–Crippen MR) is 281 cm³/mol. The van der Waals surface area contributed by atoms with Crippen LogP contribution in [0.3, 0.4) is 0 Å². The van der Waals surface area contributed by atoms with E-state index in [1.54, 1.807) is 0 Å². The molecule has 311 valence electrons. The van der Waals surface area contributed by atoms with Gasteiger partial charge in [0, 0.05) is 39.4 Å². The third-order valence-electron chi connectivity index (χ3n) is 13.7. The van der Waals surface area contributed by atoms with Gasteiger partial charge in [0.05, 0.1) is 0 Å². The molecule has 1 aliphatic carbocycles. The van der Waals surface area contributed by atoms with Crippen molar-refractivity contribution >= 4 is 46.6 Å². The van der Waals surface area contributed by atoms with Gasteiger partial charge >= 0.3 is 0 Å². The van der Waals surface area contributed by atoms with Crippen LogP contribution in [0.5, 0.6) is 0 Å². The van der Waals surface area contributed by atoms with Gasteiger partial charge in [0.2, 0.25) is 0 Å². The second-order valence-electron chi connectivity index (χ2n) is 18.0. The summed E-state index contributed by atoms with van der Waals surface area (Å²) >= 11 is 0. The summed E-state index contributed by atoms with van der Waals surface area (Å²) in [7, 11) is 2.47. The Kier molecular flexibility index (Phi) is 9.65. The van der Waals surface area contributed by atoms with Gasteiger partial charge in [-0.15, -0.1) is 0 Å². The fourth-order valence-electron chi connectivity index (χ4n) is 10.4. The van der Waals surface area contributed by atoms with Crippen LogP contribution >= 0.6 is 0 Å². The first kappa shape index (κ1) is 39.5. The molecule has 0 saturated carbocycles. The highest BCUT2D eigenvalue weighted by Crippen LogP contribution is 2.56. The van der Waals surface area contributed by atoms with Gasteiger partial charge in [-0.25, -0.2) is 0 Å². The molecule has 0 fully saturated rings. The highest BCUT2D eigenvalue weighted by molar-refractivity contribution is 6.73. The molecule has 1 radical (unpaired) electrons. The first-order valence-corrected chi connectivity index (χ1v) is 22.9.